The fourth-order valence-electron chi connectivity index (χ4n) is 1.93. The second kappa shape index (κ2) is 5.60. The lowest BCUT2D eigenvalue weighted by atomic mass is 10.2. The van der Waals surface area contributed by atoms with E-state index in [9.17, 15) is 8.42 Å². The van der Waals surface area contributed by atoms with Gasteiger partial charge in [-0.05, 0) is 31.2 Å². The summed E-state index contributed by atoms with van der Waals surface area (Å²) in [5.41, 5.74) is 6.73. The summed E-state index contributed by atoms with van der Waals surface area (Å²) in [5, 5.41) is 9.09. The second-order valence-electron chi connectivity index (χ2n) is 4.63. The number of anilines is 1. The minimum Gasteiger partial charge on any atom is -0.469 e. The molecule has 110 valence electrons. The fraction of sp³-hybridized carbons (Fsp3) is 0.214. The SMILES string of the molecule is Cc1occc1CN(C)S(=O)(=O)c1ccc(N)cc1C#N. The van der Waals surface area contributed by atoms with Gasteiger partial charge in [-0.2, -0.15) is 9.57 Å². The van der Waals surface area contributed by atoms with Crippen molar-refractivity contribution in [1.29, 1.82) is 5.26 Å². The molecule has 1 aromatic carbocycles. The van der Waals surface area contributed by atoms with E-state index >= 15 is 0 Å². The van der Waals surface area contributed by atoms with E-state index in [1.54, 1.807) is 13.0 Å². The highest BCUT2D eigenvalue weighted by Crippen LogP contribution is 2.23. The molecule has 0 saturated heterocycles. The molecule has 21 heavy (non-hydrogen) atoms. The molecular weight excluding hydrogens is 290 g/mol. The van der Waals surface area contributed by atoms with Crippen molar-refractivity contribution in [2.45, 2.75) is 18.4 Å². The molecule has 0 aliphatic carbocycles. The van der Waals surface area contributed by atoms with E-state index in [1.165, 1.54) is 35.8 Å². The van der Waals surface area contributed by atoms with E-state index in [0.717, 1.165) is 5.56 Å². The summed E-state index contributed by atoms with van der Waals surface area (Å²) in [6.07, 6.45) is 1.51. The molecule has 0 aliphatic rings. The molecule has 1 heterocycles. The number of furan rings is 1. The average molecular weight is 305 g/mol. The van der Waals surface area contributed by atoms with Crippen LogP contribution in [0.4, 0.5) is 5.69 Å². The Morgan fingerprint density at radius 1 is 1.38 bits per heavy atom. The molecule has 0 bridgehead atoms. The highest BCUT2D eigenvalue weighted by molar-refractivity contribution is 7.89. The van der Waals surface area contributed by atoms with Gasteiger partial charge in [-0.3, -0.25) is 0 Å². The average Bonchev–Trinajstić information content (AvgIpc) is 2.83. The number of nitrogens with two attached hydrogens (primary N) is 1. The Hall–Kier alpha value is -2.30. The maximum atomic E-state index is 12.6. The van der Waals surface area contributed by atoms with Crippen molar-refractivity contribution in [3.8, 4) is 6.07 Å². The maximum absolute atomic E-state index is 12.6. The molecule has 7 heteroatoms. The molecule has 0 unspecified atom stereocenters. The Balaban J connectivity index is 2.38. The summed E-state index contributed by atoms with van der Waals surface area (Å²) in [6.45, 7) is 1.93. The van der Waals surface area contributed by atoms with Crippen molar-refractivity contribution in [1.82, 2.24) is 4.31 Å². The highest BCUT2D eigenvalue weighted by Gasteiger charge is 2.25. The number of sulfonamides is 1. The predicted octanol–water partition coefficient (Wildman–Crippen LogP) is 1.86. The first-order valence-electron chi connectivity index (χ1n) is 6.15. The predicted molar refractivity (Wildman–Crippen MR) is 77.7 cm³/mol. The Kier molecular flexibility index (Phi) is 4.02. The quantitative estimate of drug-likeness (QED) is 0.869. The van der Waals surface area contributed by atoms with Gasteiger partial charge in [0.05, 0.1) is 11.8 Å². The number of rotatable bonds is 4. The van der Waals surface area contributed by atoms with Crippen molar-refractivity contribution in [2.75, 3.05) is 12.8 Å². The second-order valence-corrected chi connectivity index (χ2v) is 6.64. The molecule has 0 amide bonds. The van der Waals surface area contributed by atoms with Gasteiger partial charge in [0.25, 0.3) is 0 Å². The van der Waals surface area contributed by atoms with Gasteiger partial charge in [-0.25, -0.2) is 8.42 Å². The molecule has 0 fully saturated rings. The van der Waals surface area contributed by atoms with E-state index in [0.29, 0.717) is 11.4 Å². The standard InChI is InChI=1S/C14H15N3O3S/c1-10-11(5-6-20-10)9-17(2)21(18,19)14-4-3-13(16)7-12(14)8-15/h3-7H,9,16H2,1-2H3. The molecular formula is C14H15N3O3S. The lowest BCUT2D eigenvalue weighted by Crippen LogP contribution is -2.27. The number of aryl methyl sites for hydroxylation is 1. The van der Waals surface area contributed by atoms with Crippen LogP contribution >= 0.6 is 0 Å². The Morgan fingerprint density at radius 3 is 2.67 bits per heavy atom. The summed E-state index contributed by atoms with van der Waals surface area (Å²) in [6, 6.07) is 7.74. The van der Waals surface area contributed by atoms with Gasteiger partial charge in [0, 0.05) is 24.8 Å². The summed E-state index contributed by atoms with van der Waals surface area (Å²) >= 11 is 0. The third-order valence-electron chi connectivity index (χ3n) is 3.17. The Labute approximate surface area is 123 Å². The minimum absolute atomic E-state index is 0.0331. The van der Waals surface area contributed by atoms with Crippen LogP contribution in [0.25, 0.3) is 0 Å². The lowest BCUT2D eigenvalue weighted by Gasteiger charge is -2.17. The van der Waals surface area contributed by atoms with Crippen molar-refractivity contribution in [2.24, 2.45) is 0 Å². The van der Waals surface area contributed by atoms with Gasteiger partial charge in [-0.1, -0.05) is 0 Å². The van der Waals surface area contributed by atoms with E-state index < -0.39 is 10.0 Å². The largest absolute Gasteiger partial charge is 0.469 e. The number of benzene rings is 1. The first-order chi connectivity index (χ1) is 9.86. The molecule has 6 nitrogen and oxygen atoms in total. The monoisotopic (exact) mass is 305 g/mol. The van der Waals surface area contributed by atoms with Gasteiger partial charge in [0.2, 0.25) is 10.0 Å². The van der Waals surface area contributed by atoms with Crippen LogP contribution in [0, 0.1) is 18.3 Å². The van der Waals surface area contributed by atoms with Gasteiger partial charge in [0.1, 0.15) is 16.7 Å². The summed E-state index contributed by atoms with van der Waals surface area (Å²) in [5.74, 6) is 0.662. The molecule has 0 atom stereocenters. The zero-order valence-corrected chi connectivity index (χ0v) is 12.5. The van der Waals surface area contributed by atoms with E-state index in [-0.39, 0.29) is 17.0 Å². The summed E-state index contributed by atoms with van der Waals surface area (Å²) in [4.78, 5) is -0.0529. The van der Waals surface area contributed by atoms with Crippen LogP contribution in [0.15, 0.2) is 39.8 Å². The summed E-state index contributed by atoms with van der Waals surface area (Å²) in [7, 11) is -2.32. The Morgan fingerprint density at radius 2 is 2.10 bits per heavy atom. The molecule has 1 aromatic heterocycles. The number of nitrogens with zero attached hydrogens (tertiary/aromatic N) is 2. The van der Waals surface area contributed by atoms with Crippen LogP contribution < -0.4 is 5.73 Å². The number of hydrogen-bond donors (Lipinski definition) is 1. The molecule has 0 spiro atoms. The number of nitriles is 1. The topological polar surface area (TPSA) is 100 Å². The zero-order chi connectivity index (χ0) is 15.6. The van der Waals surface area contributed by atoms with Crippen LogP contribution in [0.2, 0.25) is 0 Å². The lowest BCUT2D eigenvalue weighted by molar-refractivity contribution is 0.459. The molecule has 0 aliphatic heterocycles. The van der Waals surface area contributed by atoms with E-state index in [4.69, 9.17) is 15.4 Å². The smallest absolute Gasteiger partial charge is 0.244 e. The third-order valence-corrected chi connectivity index (χ3v) is 5.03. The summed E-state index contributed by atoms with van der Waals surface area (Å²) < 4.78 is 31.5. The number of hydrogen-bond acceptors (Lipinski definition) is 5. The van der Waals surface area contributed by atoms with Crippen LogP contribution in [0.3, 0.4) is 0 Å². The normalized spacial score (nSPS) is 11.5. The first-order valence-corrected chi connectivity index (χ1v) is 7.59. The van der Waals surface area contributed by atoms with Gasteiger partial charge < -0.3 is 10.2 Å². The van der Waals surface area contributed by atoms with Crippen molar-refractivity contribution in [3.63, 3.8) is 0 Å². The first kappa shape index (κ1) is 15.1. The van der Waals surface area contributed by atoms with E-state index in [1.807, 2.05) is 6.07 Å². The van der Waals surface area contributed by atoms with Gasteiger partial charge >= 0.3 is 0 Å². The fourth-order valence-corrected chi connectivity index (χ4v) is 3.20. The van der Waals surface area contributed by atoms with Crippen LogP contribution in [-0.4, -0.2) is 19.8 Å². The van der Waals surface area contributed by atoms with Gasteiger partial charge in [0.15, 0.2) is 0 Å². The Bertz CT molecular complexity index is 803. The zero-order valence-electron chi connectivity index (χ0n) is 11.7. The highest BCUT2D eigenvalue weighted by atomic mass is 32.2. The van der Waals surface area contributed by atoms with Gasteiger partial charge in [-0.15, -0.1) is 0 Å². The minimum atomic E-state index is -3.78. The molecule has 2 N–H and O–H groups in total. The van der Waals surface area contributed by atoms with E-state index in [2.05, 4.69) is 0 Å². The van der Waals surface area contributed by atoms with Crippen LogP contribution in [0.5, 0.6) is 0 Å². The molecule has 2 aromatic rings. The number of nitrogen functional groups attached to an aromatic ring is 1. The molecule has 0 radical (unpaired) electrons. The van der Waals surface area contributed by atoms with Crippen molar-refractivity contribution < 1.29 is 12.8 Å². The maximum Gasteiger partial charge on any atom is 0.244 e. The van der Waals surface area contributed by atoms with Crippen molar-refractivity contribution >= 4 is 15.7 Å². The molecule has 2 rings (SSSR count). The third kappa shape index (κ3) is 2.91. The van der Waals surface area contributed by atoms with Crippen LogP contribution in [0.1, 0.15) is 16.9 Å². The van der Waals surface area contributed by atoms with Crippen LogP contribution in [-0.2, 0) is 16.6 Å². The van der Waals surface area contributed by atoms with Crippen molar-refractivity contribution in [3.05, 3.63) is 47.4 Å². The molecule has 0 saturated carbocycles.